The van der Waals surface area contributed by atoms with Crippen molar-refractivity contribution in [2.75, 3.05) is 18.4 Å². The fraction of sp³-hybridized carbons (Fsp3) is 0.429. The van der Waals surface area contributed by atoms with Gasteiger partial charge < -0.3 is 10.6 Å². The lowest BCUT2D eigenvalue weighted by atomic mass is 10.1. The summed E-state index contributed by atoms with van der Waals surface area (Å²) in [6, 6.07) is 8.85. The molecule has 0 aliphatic rings. The Morgan fingerprint density at radius 3 is 2.56 bits per heavy atom. The van der Waals surface area contributed by atoms with Crippen molar-refractivity contribution in [2.24, 2.45) is 5.92 Å². The molecule has 0 aromatic heterocycles. The third-order valence-corrected chi connectivity index (χ3v) is 2.48. The van der Waals surface area contributed by atoms with Gasteiger partial charge in [0.1, 0.15) is 0 Å². The summed E-state index contributed by atoms with van der Waals surface area (Å²) >= 11 is 0. The van der Waals surface area contributed by atoms with Gasteiger partial charge >= 0.3 is 0 Å². The predicted molar refractivity (Wildman–Crippen MR) is 72.1 cm³/mol. The van der Waals surface area contributed by atoms with Crippen molar-refractivity contribution >= 4 is 11.6 Å². The first-order valence-corrected chi connectivity index (χ1v) is 6.12. The zero-order chi connectivity index (χ0) is 13.4. The molecule has 0 spiro atoms. The lowest BCUT2D eigenvalue weighted by molar-refractivity contribution is -0.115. The summed E-state index contributed by atoms with van der Waals surface area (Å²) in [6.07, 6.45) is 1.06. The van der Waals surface area contributed by atoms with E-state index in [1.54, 1.807) is 24.3 Å². The second kappa shape index (κ2) is 7.46. The predicted octanol–water partition coefficient (Wildman–Crippen LogP) is 2.13. The number of amides is 1. The molecular formula is C14H19N3O. The number of carbonyl (C=O) groups excluding carboxylic acids is 1. The molecule has 4 heteroatoms. The molecule has 0 bridgehead atoms. The van der Waals surface area contributed by atoms with Crippen LogP contribution in [0.15, 0.2) is 24.3 Å². The minimum Gasteiger partial charge on any atom is -0.325 e. The Hall–Kier alpha value is -1.86. The van der Waals surface area contributed by atoms with Crippen molar-refractivity contribution in [2.45, 2.75) is 20.3 Å². The highest BCUT2D eigenvalue weighted by Crippen LogP contribution is 2.08. The number of rotatable bonds is 6. The molecule has 1 rings (SSSR count). The van der Waals surface area contributed by atoms with Gasteiger partial charge in [0.05, 0.1) is 18.2 Å². The summed E-state index contributed by atoms with van der Waals surface area (Å²) in [6.45, 7) is 5.46. The van der Waals surface area contributed by atoms with Crippen molar-refractivity contribution in [3.05, 3.63) is 29.8 Å². The smallest absolute Gasteiger partial charge is 0.238 e. The highest BCUT2D eigenvalue weighted by molar-refractivity contribution is 5.92. The number of nitriles is 1. The van der Waals surface area contributed by atoms with E-state index in [1.165, 1.54) is 0 Å². The van der Waals surface area contributed by atoms with E-state index in [9.17, 15) is 4.79 Å². The molecule has 0 saturated carbocycles. The summed E-state index contributed by atoms with van der Waals surface area (Å²) in [4.78, 5) is 11.6. The molecule has 4 nitrogen and oxygen atoms in total. The monoisotopic (exact) mass is 245 g/mol. The molecule has 0 aliphatic heterocycles. The third-order valence-electron chi connectivity index (χ3n) is 2.48. The topological polar surface area (TPSA) is 64.9 Å². The van der Waals surface area contributed by atoms with Crippen LogP contribution < -0.4 is 10.6 Å². The van der Waals surface area contributed by atoms with Gasteiger partial charge in [0.2, 0.25) is 5.91 Å². The fourth-order valence-electron chi connectivity index (χ4n) is 1.43. The van der Waals surface area contributed by atoms with Crippen molar-refractivity contribution in [1.82, 2.24) is 5.32 Å². The van der Waals surface area contributed by atoms with E-state index in [1.807, 2.05) is 6.07 Å². The molecule has 0 fully saturated rings. The number of hydrogen-bond acceptors (Lipinski definition) is 3. The summed E-state index contributed by atoms with van der Waals surface area (Å²) in [5, 5.41) is 14.5. The van der Waals surface area contributed by atoms with E-state index in [0.29, 0.717) is 23.7 Å². The third kappa shape index (κ3) is 5.46. The standard InChI is InChI=1S/C14H19N3O/c1-11(2)7-8-16-10-14(18)17-13-5-3-12(9-15)4-6-13/h3-6,11,16H,7-8,10H2,1-2H3,(H,17,18). The van der Waals surface area contributed by atoms with Crippen LogP contribution >= 0.6 is 0 Å². The molecule has 0 heterocycles. The zero-order valence-corrected chi connectivity index (χ0v) is 10.9. The number of nitrogens with zero attached hydrogens (tertiary/aromatic N) is 1. The second-order valence-electron chi connectivity index (χ2n) is 4.60. The lowest BCUT2D eigenvalue weighted by Crippen LogP contribution is -2.29. The number of benzene rings is 1. The summed E-state index contributed by atoms with van der Waals surface area (Å²) in [5.41, 5.74) is 1.30. The maximum Gasteiger partial charge on any atom is 0.238 e. The SMILES string of the molecule is CC(C)CCNCC(=O)Nc1ccc(C#N)cc1. The fourth-order valence-corrected chi connectivity index (χ4v) is 1.43. The van der Waals surface area contributed by atoms with Crippen molar-refractivity contribution < 1.29 is 4.79 Å². The van der Waals surface area contributed by atoms with E-state index in [2.05, 4.69) is 24.5 Å². The lowest BCUT2D eigenvalue weighted by Gasteiger charge is -2.08. The average Bonchev–Trinajstić information content (AvgIpc) is 2.35. The van der Waals surface area contributed by atoms with Crippen LogP contribution in [0.25, 0.3) is 0 Å². The van der Waals surface area contributed by atoms with Gasteiger partial charge in [-0.2, -0.15) is 5.26 Å². The van der Waals surface area contributed by atoms with Crippen molar-refractivity contribution in [1.29, 1.82) is 5.26 Å². The highest BCUT2D eigenvalue weighted by atomic mass is 16.1. The highest BCUT2D eigenvalue weighted by Gasteiger charge is 2.02. The summed E-state index contributed by atoms with van der Waals surface area (Å²) < 4.78 is 0. The van der Waals surface area contributed by atoms with E-state index in [-0.39, 0.29) is 5.91 Å². The molecular weight excluding hydrogens is 226 g/mol. The summed E-state index contributed by atoms with van der Waals surface area (Å²) in [5.74, 6) is 0.572. The maximum absolute atomic E-state index is 11.6. The van der Waals surface area contributed by atoms with Gasteiger partial charge in [-0.15, -0.1) is 0 Å². The molecule has 0 saturated heterocycles. The van der Waals surface area contributed by atoms with E-state index >= 15 is 0 Å². The van der Waals surface area contributed by atoms with Gasteiger partial charge in [0.15, 0.2) is 0 Å². The van der Waals surface area contributed by atoms with Crippen LogP contribution in [-0.2, 0) is 4.79 Å². The first kappa shape index (κ1) is 14.2. The normalized spacial score (nSPS) is 10.1. The van der Waals surface area contributed by atoms with Crippen LogP contribution in [0.4, 0.5) is 5.69 Å². The van der Waals surface area contributed by atoms with Crippen LogP contribution in [0.5, 0.6) is 0 Å². The van der Waals surface area contributed by atoms with E-state index < -0.39 is 0 Å². The molecule has 1 amide bonds. The van der Waals surface area contributed by atoms with E-state index in [4.69, 9.17) is 5.26 Å². The van der Waals surface area contributed by atoms with Gasteiger partial charge in [-0.3, -0.25) is 4.79 Å². The Bertz CT molecular complexity index is 418. The van der Waals surface area contributed by atoms with Crippen LogP contribution in [0.3, 0.4) is 0 Å². The maximum atomic E-state index is 11.6. The van der Waals surface area contributed by atoms with Crippen molar-refractivity contribution in [3.8, 4) is 6.07 Å². The number of carbonyl (C=O) groups is 1. The molecule has 96 valence electrons. The number of nitrogens with one attached hydrogen (secondary N) is 2. The first-order valence-electron chi connectivity index (χ1n) is 6.12. The number of hydrogen-bond donors (Lipinski definition) is 2. The van der Waals surface area contributed by atoms with Gasteiger partial charge in [-0.25, -0.2) is 0 Å². The molecule has 0 atom stereocenters. The Labute approximate surface area is 108 Å². The van der Waals surface area contributed by atoms with Gasteiger partial charge in [-0.1, -0.05) is 13.8 Å². The summed E-state index contributed by atoms with van der Waals surface area (Å²) in [7, 11) is 0. The average molecular weight is 245 g/mol. The zero-order valence-electron chi connectivity index (χ0n) is 10.9. The van der Waals surface area contributed by atoms with Gasteiger partial charge in [0.25, 0.3) is 0 Å². The molecule has 1 aromatic carbocycles. The quantitative estimate of drug-likeness (QED) is 0.755. The van der Waals surface area contributed by atoms with Crippen LogP contribution in [0.1, 0.15) is 25.8 Å². The second-order valence-corrected chi connectivity index (χ2v) is 4.60. The van der Waals surface area contributed by atoms with Crippen LogP contribution in [-0.4, -0.2) is 19.0 Å². The molecule has 0 radical (unpaired) electrons. The Balaban J connectivity index is 2.29. The molecule has 1 aromatic rings. The molecule has 0 aliphatic carbocycles. The minimum absolute atomic E-state index is 0.0662. The van der Waals surface area contributed by atoms with Gasteiger partial charge in [0, 0.05) is 5.69 Å². The van der Waals surface area contributed by atoms with Crippen molar-refractivity contribution in [3.63, 3.8) is 0 Å². The first-order chi connectivity index (χ1) is 8.61. The van der Waals surface area contributed by atoms with Crippen LogP contribution in [0.2, 0.25) is 0 Å². The van der Waals surface area contributed by atoms with Gasteiger partial charge in [-0.05, 0) is 43.1 Å². The van der Waals surface area contributed by atoms with E-state index in [0.717, 1.165) is 13.0 Å². The Morgan fingerprint density at radius 2 is 2.00 bits per heavy atom. The molecule has 0 unspecified atom stereocenters. The minimum atomic E-state index is -0.0662. The van der Waals surface area contributed by atoms with Crippen LogP contribution in [0, 0.1) is 17.2 Å². The number of anilines is 1. The Morgan fingerprint density at radius 1 is 1.33 bits per heavy atom. The molecule has 2 N–H and O–H groups in total. The Kier molecular flexibility index (Phi) is 5.89. The molecule has 18 heavy (non-hydrogen) atoms. The largest absolute Gasteiger partial charge is 0.325 e.